The summed E-state index contributed by atoms with van der Waals surface area (Å²) in [6.45, 7) is 3.85. The molecule has 0 atom stereocenters. The summed E-state index contributed by atoms with van der Waals surface area (Å²) in [4.78, 5) is 47.2. The molecule has 10 nitrogen and oxygen atoms in total. The molecule has 0 unspecified atom stereocenters. The lowest BCUT2D eigenvalue weighted by Crippen LogP contribution is -2.23. The summed E-state index contributed by atoms with van der Waals surface area (Å²) in [5, 5.41) is 8.11. The van der Waals surface area contributed by atoms with E-state index in [0.717, 1.165) is 48.3 Å². The molecule has 1 fully saturated rings. The molecule has 11 heteroatoms. The Morgan fingerprint density at radius 3 is 2.38 bits per heavy atom. The number of benzene rings is 1. The third-order valence-electron chi connectivity index (χ3n) is 6.47. The zero-order valence-corrected chi connectivity index (χ0v) is 21.5. The topological polar surface area (TPSA) is 132 Å². The highest BCUT2D eigenvalue weighted by Crippen LogP contribution is 2.31. The summed E-state index contributed by atoms with van der Waals surface area (Å²) >= 11 is 1.36. The summed E-state index contributed by atoms with van der Waals surface area (Å²) < 4.78 is 0. The number of aromatic amines is 2. The Morgan fingerprint density at radius 2 is 1.73 bits per heavy atom. The van der Waals surface area contributed by atoms with Crippen LogP contribution in [0.4, 0.5) is 15.6 Å². The van der Waals surface area contributed by atoms with Crippen LogP contribution in [0.3, 0.4) is 0 Å². The molecular weight excluding hydrogens is 488 g/mol. The van der Waals surface area contributed by atoms with E-state index in [2.05, 4.69) is 40.5 Å². The first-order valence-electron chi connectivity index (χ1n) is 12.4. The number of thiazole rings is 1. The predicted molar refractivity (Wildman–Crippen MR) is 142 cm³/mol. The third-order valence-corrected chi connectivity index (χ3v) is 7.28. The minimum atomic E-state index is -0.419. The Morgan fingerprint density at radius 1 is 1.03 bits per heavy atom. The van der Waals surface area contributed by atoms with E-state index in [4.69, 9.17) is 0 Å². The second-order valence-electron chi connectivity index (χ2n) is 9.42. The fourth-order valence-electron chi connectivity index (χ4n) is 4.69. The number of rotatable bonds is 10. The molecular formula is C26H30N8O2S. The fraction of sp³-hybridized carbons (Fsp3) is 0.346. The number of urea groups is 1. The SMILES string of the molecule is Cc1ccc(NC(=O)Nc2nc(CN(Cc3cnc[nH]3)Cc3cnc[nH]3)cs2)c(C(=O)C2CCCC2)c1. The number of imidazole rings is 2. The largest absolute Gasteiger partial charge is 0.347 e. The molecule has 192 valence electrons. The molecule has 3 heterocycles. The van der Waals surface area contributed by atoms with E-state index >= 15 is 0 Å². The number of ketones is 1. The van der Waals surface area contributed by atoms with Crippen molar-refractivity contribution in [1.82, 2.24) is 29.8 Å². The highest BCUT2D eigenvalue weighted by molar-refractivity contribution is 7.13. The van der Waals surface area contributed by atoms with Crippen molar-refractivity contribution in [3.63, 3.8) is 0 Å². The molecule has 2 amide bonds. The first-order chi connectivity index (χ1) is 18.0. The highest BCUT2D eigenvalue weighted by atomic mass is 32.1. The van der Waals surface area contributed by atoms with Crippen molar-refractivity contribution < 1.29 is 9.59 Å². The molecule has 3 aromatic heterocycles. The van der Waals surface area contributed by atoms with Crippen molar-refractivity contribution in [3.05, 3.63) is 76.8 Å². The molecule has 1 aliphatic carbocycles. The van der Waals surface area contributed by atoms with Gasteiger partial charge in [-0.3, -0.25) is 15.0 Å². The molecule has 5 rings (SSSR count). The third kappa shape index (κ3) is 6.49. The van der Waals surface area contributed by atoms with Gasteiger partial charge in [-0.2, -0.15) is 0 Å². The van der Waals surface area contributed by atoms with Gasteiger partial charge in [-0.1, -0.05) is 24.5 Å². The number of aromatic nitrogens is 5. The van der Waals surface area contributed by atoms with Gasteiger partial charge in [-0.05, 0) is 31.9 Å². The minimum absolute atomic E-state index is 0.0402. The summed E-state index contributed by atoms with van der Waals surface area (Å²) in [7, 11) is 0. The van der Waals surface area contributed by atoms with Gasteiger partial charge in [0.05, 0.1) is 24.0 Å². The molecule has 0 spiro atoms. The van der Waals surface area contributed by atoms with Crippen molar-refractivity contribution in [2.24, 2.45) is 5.92 Å². The Kier molecular flexibility index (Phi) is 7.71. The first-order valence-corrected chi connectivity index (χ1v) is 13.3. The Balaban J connectivity index is 1.23. The summed E-state index contributed by atoms with van der Waals surface area (Å²) in [5.41, 5.74) is 4.93. The normalized spacial score (nSPS) is 13.8. The van der Waals surface area contributed by atoms with E-state index in [1.165, 1.54) is 11.3 Å². The van der Waals surface area contributed by atoms with Crippen molar-refractivity contribution in [2.75, 3.05) is 10.6 Å². The molecule has 0 saturated heterocycles. The van der Waals surface area contributed by atoms with Gasteiger partial charge in [0.25, 0.3) is 0 Å². The van der Waals surface area contributed by atoms with E-state index < -0.39 is 6.03 Å². The number of hydrogen-bond acceptors (Lipinski definition) is 7. The van der Waals surface area contributed by atoms with Crippen LogP contribution < -0.4 is 10.6 Å². The lowest BCUT2D eigenvalue weighted by molar-refractivity contribution is 0.0923. The number of Topliss-reactive ketones (excluding diaryl/α,β-unsaturated/α-hetero) is 1. The Bertz CT molecular complexity index is 1290. The van der Waals surface area contributed by atoms with Gasteiger partial charge in [0, 0.05) is 60.3 Å². The van der Waals surface area contributed by atoms with E-state index in [1.807, 2.05) is 24.4 Å². The summed E-state index contributed by atoms with van der Waals surface area (Å²) in [6.07, 6.45) is 10.9. The van der Waals surface area contributed by atoms with Gasteiger partial charge in [-0.15, -0.1) is 11.3 Å². The van der Waals surface area contributed by atoms with Crippen molar-refractivity contribution >= 4 is 34.0 Å². The van der Waals surface area contributed by atoms with Gasteiger partial charge in [0.2, 0.25) is 0 Å². The van der Waals surface area contributed by atoms with Crippen molar-refractivity contribution in [1.29, 1.82) is 0 Å². The number of aryl methyl sites for hydroxylation is 1. The van der Waals surface area contributed by atoms with Crippen LogP contribution in [0, 0.1) is 12.8 Å². The number of carbonyl (C=O) groups is 2. The smallest absolute Gasteiger partial charge is 0.325 e. The molecule has 1 aliphatic rings. The molecule has 1 aromatic carbocycles. The van der Waals surface area contributed by atoms with Crippen LogP contribution in [-0.2, 0) is 19.6 Å². The molecule has 1 saturated carbocycles. The van der Waals surface area contributed by atoms with Crippen LogP contribution in [0.2, 0.25) is 0 Å². The number of nitrogens with one attached hydrogen (secondary N) is 4. The first kappa shape index (κ1) is 24.8. The highest BCUT2D eigenvalue weighted by Gasteiger charge is 2.26. The van der Waals surface area contributed by atoms with Crippen molar-refractivity contribution in [3.8, 4) is 0 Å². The number of carbonyl (C=O) groups excluding carboxylic acids is 2. The molecule has 4 N–H and O–H groups in total. The van der Waals surface area contributed by atoms with Gasteiger partial charge in [-0.25, -0.2) is 19.7 Å². The van der Waals surface area contributed by atoms with Crippen LogP contribution in [0.25, 0.3) is 0 Å². The number of H-pyrrole nitrogens is 2. The second-order valence-corrected chi connectivity index (χ2v) is 10.3. The van der Waals surface area contributed by atoms with E-state index in [0.29, 0.717) is 36.0 Å². The molecule has 0 bridgehead atoms. The standard InChI is InChI=1S/C26H30N8O2S/c1-17-6-7-23(22(8-17)24(35)18-4-2-3-5-18)32-25(36)33-26-31-21(14-37-26)13-34(11-19-9-27-15-29-19)12-20-10-28-16-30-20/h6-10,14-16,18H,2-5,11-13H2,1H3,(H,27,29)(H,28,30)(H2,31,32,33,36). The predicted octanol–water partition coefficient (Wildman–Crippen LogP) is 5.12. The van der Waals surface area contributed by atoms with Gasteiger partial charge in [0.15, 0.2) is 10.9 Å². The Hall–Kier alpha value is -3.83. The maximum absolute atomic E-state index is 13.1. The van der Waals surface area contributed by atoms with Crippen LogP contribution >= 0.6 is 11.3 Å². The fourth-order valence-corrected chi connectivity index (χ4v) is 5.38. The average molecular weight is 519 g/mol. The number of amides is 2. The summed E-state index contributed by atoms with van der Waals surface area (Å²) in [6, 6.07) is 5.15. The van der Waals surface area contributed by atoms with E-state index in [9.17, 15) is 9.59 Å². The summed E-state index contributed by atoms with van der Waals surface area (Å²) in [5.74, 6) is 0.154. The number of hydrogen-bond donors (Lipinski definition) is 4. The lowest BCUT2D eigenvalue weighted by Gasteiger charge is -2.19. The maximum atomic E-state index is 13.1. The molecule has 37 heavy (non-hydrogen) atoms. The zero-order valence-electron chi connectivity index (χ0n) is 20.7. The van der Waals surface area contributed by atoms with Gasteiger partial charge >= 0.3 is 6.03 Å². The molecule has 4 aromatic rings. The van der Waals surface area contributed by atoms with Gasteiger partial charge < -0.3 is 15.3 Å². The van der Waals surface area contributed by atoms with E-state index in [1.54, 1.807) is 31.1 Å². The van der Waals surface area contributed by atoms with Crippen LogP contribution in [0.1, 0.15) is 58.7 Å². The molecule has 0 radical (unpaired) electrons. The zero-order chi connectivity index (χ0) is 25.6. The monoisotopic (exact) mass is 518 g/mol. The molecule has 0 aliphatic heterocycles. The van der Waals surface area contributed by atoms with Gasteiger partial charge in [0.1, 0.15) is 0 Å². The minimum Gasteiger partial charge on any atom is -0.347 e. The number of anilines is 2. The lowest BCUT2D eigenvalue weighted by atomic mass is 9.94. The average Bonchev–Trinajstić information content (AvgIpc) is 3.69. The van der Waals surface area contributed by atoms with E-state index in [-0.39, 0.29) is 11.7 Å². The van der Waals surface area contributed by atoms with Crippen LogP contribution in [0.5, 0.6) is 0 Å². The number of nitrogens with zero attached hydrogens (tertiary/aromatic N) is 4. The van der Waals surface area contributed by atoms with Crippen LogP contribution in [0.15, 0.2) is 48.6 Å². The Labute approximate surface area is 219 Å². The van der Waals surface area contributed by atoms with Crippen molar-refractivity contribution in [2.45, 2.75) is 52.2 Å². The quantitative estimate of drug-likeness (QED) is 0.216. The maximum Gasteiger partial charge on any atom is 0.325 e. The second kappa shape index (κ2) is 11.5. The van der Waals surface area contributed by atoms with Crippen LogP contribution in [-0.4, -0.2) is 41.6 Å².